The van der Waals surface area contributed by atoms with Crippen LogP contribution in [0.15, 0.2) is 30.5 Å². The second-order valence-corrected chi connectivity index (χ2v) is 8.50. The Morgan fingerprint density at radius 1 is 1.38 bits per heavy atom. The molecule has 0 saturated carbocycles. The number of aromatic nitrogens is 4. The molecule has 32 heavy (non-hydrogen) atoms. The van der Waals surface area contributed by atoms with Gasteiger partial charge in [0.15, 0.2) is 0 Å². The van der Waals surface area contributed by atoms with Crippen molar-refractivity contribution in [2.45, 2.75) is 38.3 Å². The van der Waals surface area contributed by atoms with Crippen molar-refractivity contribution in [1.29, 1.82) is 0 Å². The van der Waals surface area contributed by atoms with Crippen LogP contribution in [-0.4, -0.2) is 41.3 Å². The van der Waals surface area contributed by atoms with Gasteiger partial charge in [-0.25, -0.2) is 9.37 Å². The molecule has 1 atom stereocenters. The SMILES string of the molecule is CC(C)(O)C#Cc1cc2c(cc1F)C1=CC(C1)n1c-2nc(C(N)=O)c1Cc1ccnn1O. The number of hydrogen-bond acceptors (Lipinski definition) is 5. The van der Waals surface area contributed by atoms with Crippen LogP contribution in [0.2, 0.25) is 0 Å². The van der Waals surface area contributed by atoms with Gasteiger partial charge >= 0.3 is 0 Å². The second kappa shape index (κ2) is 6.80. The summed E-state index contributed by atoms with van der Waals surface area (Å²) in [6.45, 7) is 3.04. The average molecular weight is 433 g/mol. The molecule has 1 aromatic carbocycles. The van der Waals surface area contributed by atoms with Crippen molar-refractivity contribution < 1.29 is 19.5 Å². The number of carbonyl (C=O) groups excluding carboxylic acids is 1. The molecule has 0 fully saturated rings. The second-order valence-electron chi connectivity index (χ2n) is 8.50. The maximum atomic E-state index is 14.8. The smallest absolute Gasteiger partial charge is 0.269 e. The summed E-state index contributed by atoms with van der Waals surface area (Å²) in [6, 6.07) is 4.57. The minimum absolute atomic E-state index is 0.0768. The highest BCUT2D eigenvalue weighted by atomic mass is 19.1. The molecular weight excluding hydrogens is 413 g/mol. The molecule has 0 saturated heterocycles. The first-order chi connectivity index (χ1) is 15.1. The lowest BCUT2D eigenvalue weighted by Gasteiger charge is -2.26. The quantitative estimate of drug-likeness (QED) is 0.433. The van der Waals surface area contributed by atoms with E-state index in [0.29, 0.717) is 34.8 Å². The Morgan fingerprint density at radius 3 is 2.75 bits per heavy atom. The first-order valence-electron chi connectivity index (χ1n) is 10.1. The third-order valence-corrected chi connectivity index (χ3v) is 5.64. The number of aliphatic hydroxyl groups is 1. The molecular formula is C23H20FN5O3. The lowest BCUT2D eigenvalue weighted by molar-refractivity contribution is 0.0994. The van der Waals surface area contributed by atoms with Gasteiger partial charge in [-0.15, -0.1) is 9.94 Å². The summed E-state index contributed by atoms with van der Waals surface area (Å²) in [5.74, 6) is 4.62. The van der Waals surface area contributed by atoms with Crippen molar-refractivity contribution in [3.8, 4) is 23.2 Å². The summed E-state index contributed by atoms with van der Waals surface area (Å²) in [6.07, 6.45) is 4.28. The van der Waals surface area contributed by atoms with Gasteiger partial charge in [0.05, 0.1) is 29.2 Å². The lowest BCUT2D eigenvalue weighted by atomic mass is 9.86. The van der Waals surface area contributed by atoms with Crippen molar-refractivity contribution in [3.63, 3.8) is 0 Å². The lowest BCUT2D eigenvalue weighted by Crippen LogP contribution is -2.20. The van der Waals surface area contributed by atoms with E-state index in [9.17, 15) is 19.5 Å². The van der Waals surface area contributed by atoms with Gasteiger partial charge < -0.3 is 20.6 Å². The van der Waals surface area contributed by atoms with Gasteiger partial charge in [-0.3, -0.25) is 4.79 Å². The highest BCUT2D eigenvalue weighted by molar-refractivity contribution is 5.94. The molecule has 4 heterocycles. The highest BCUT2D eigenvalue weighted by Crippen LogP contribution is 2.48. The summed E-state index contributed by atoms with van der Waals surface area (Å²) in [5.41, 5.74) is 7.88. The molecule has 0 radical (unpaired) electrons. The molecule has 3 aliphatic rings. The van der Waals surface area contributed by atoms with Crippen LogP contribution in [0.3, 0.4) is 0 Å². The average Bonchev–Trinajstić information content (AvgIpc) is 3.17. The highest BCUT2D eigenvalue weighted by Gasteiger charge is 2.36. The Morgan fingerprint density at radius 2 is 2.12 bits per heavy atom. The molecule has 2 bridgehead atoms. The van der Waals surface area contributed by atoms with Crippen LogP contribution in [-0.2, 0) is 6.42 Å². The number of halogens is 1. The van der Waals surface area contributed by atoms with Crippen molar-refractivity contribution in [3.05, 3.63) is 64.5 Å². The first-order valence-corrected chi connectivity index (χ1v) is 10.1. The van der Waals surface area contributed by atoms with Crippen molar-refractivity contribution in [1.82, 2.24) is 19.5 Å². The maximum Gasteiger partial charge on any atom is 0.269 e. The normalized spacial score (nSPS) is 16.1. The molecule has 1 amide bonds. The summed E-state index contributed by atoms with van der Waals surface area (Å²) < 4.78 is 16.7. The van der Waals surface area contributed by atoms with Gasteiger partial charge in [0.2, 0.25) is 0 Å². The van der Waals surface area contributed by atoms with E-state index in [4.69, 9.17) is 5.73 Å². The molecule has 1 aliphatic carbocycles. The van der Waals surface area contributed by atoms with Crippen molar-refractivity contribution >= 4 is 11.5 Å². The van der Waals surface area contributed by atoms with E-state index in [-0.39, 0.29) is 23.7 Å². The number of rotatable bonds is 3. The summed E-state index contributed by atoms with van der Waals surface area (Å²) in [4.78, 5) is 17.5. The van der Waals surface area contributed by atoms with E-state index in [2.05, 4.69) is 21.9 Å². The molecule has 2 aromatic heterocycles. The van der Waals surface area contributed by atoms with E-state index >= 15 is 0 Å². The summed E-state index contributed by atoms with van der Waals surface area (Å²) >= 11 is 0. The molecule has 0 spiro atoms. The predicted octanol–water partition coefficient (Wildman–Crippen LogP) is 2.28. The van der Waals surface area contributed by atoms with Crippen LogP contribution in [0.25, 0.3) is 17.0 Å². The number of hydrogen-bond donors (Lipinski definition) is 3. The number of amides is 1. The van der Waals surface area contributed by atoms with Gasteiger partial charge in [0.25, 0.3) is 5.91 Å². The Hall–Kier alpha value is -3.90. The Kier molecular flexibility index (Phi) is 4.26. The number of nitrogens with zero attached hydrogens (tertiary/aromatic N) is 4. The number of allylic oxidation sites excluding steroid dienone is 2. The van der Waals surface area contributed by atoms with E-state index in [1.54, 1.807) is 12.1 Å². The third-order valence-electron chi connectivity index (χ3n) is 5.64. The standard InChI is InChI=1S/C23H20FN5O3/c1-23(2,31)5-3-12-9-17-16(11-18(12)24)13-7-15(8-13)28-19(10-14-4-6-26-29(14)32)20(21(25)30)27-22(17)28/h4,6-7,9,11,15,31-32H,8,10H2,1-2H3,(H2,25,30). The molecule has 9 heteroatoms. The molecule has 4 N–H and O–H groups in total. The fraction of sp³-hybridized carbons (Fsp3) is 0.261. The fourth-order valence-corrected chi connectivity index (χ4v) is 4.13. The van der Waals surface area contributed by atoms with Gasteiger partial charge in [-0.1, -0.05) is 17.9 Å². The fourth-order valence-electron chi connectivity index (χ4n) is 4.13. The van der Waals surface area contributed by atoms with Crippen LogP contribution in [0.4, 0.5) is 4.39 Å². The van der Waals surface area contributed by atoms with Gasteiger partial charge in [-0.05, 0) is 49.6 Å². The third kappa shape index (κ3) is 3.16. The van der Waals surface area contributed by atoms with Crippen LogP contribution >= 0.6 is 0 Å². The number of primary amides is 1. The van der Waals surface area contributed by atoms with E-state index in [0.717, 1.165) is 10.4 Å². The zero-order valence-electron chi connectivity index (χ0n) is 17.4. The van der Waals surface area contributed by atoms with Crippen molar-refractivity contribution in [2.24, 2.45) is 5.73 Å². The molecule has 8 nitrogen and oxygen atoms in total. The zero-order valence-corrected chi connectivity index (χ0v) is 17.4. The number of imidazole rings is 1. The van der Waals surface area contributed by atoms with Crippen LogP contribution in [0.1, 0.15) is 59.3 Å². The number of nitrogens with two attached hydrogens (primary N) is 1. The Bertz CT molecular complexity index is 1380. The topological polar surface area (TPSA) is 119 Å². The largest absolute Gasteiger partial charge is 0.411 e. The molecule has 1 unspecified atom stereocenters. The number of carbonyl (C=O) groups is 1. The van der Waals surface area contributed by atoms with E-state index in [1.165, 1.54) is 26.1 Å². The summed E-state index contributed by atoms with van der Waals surface area (Å²) in [5, 5.41) is 23.6. The first kappa shape index (κ1) is 20.0. The molecule has 6 rings (SSSR count). The van der Waals surface area contributed by atoms with Crippen LogP contribution < -0.4 is 5.73 Å². The minimum Gasteiger partial charge on any atom is -0.411 e. The Labute approximate surface area is 182 Å². The monoisotopic (exact) mass is 433 g/mol. The molecule has 3 aromatic rings. The van der Waals surface area contributed by atoms with Crippen LogP contribution in [0.5, 0.6) is 0 Å². The van der Waals surface area contributed by atoms with Gasteiger partial charge in [-0.2, -0.15) is 0 Å². The zero-order chi connectivity index (χ0) is 22.8. The van der Waals surface area contributed by atoms with Gasteiger partial charge in [0.1, 0.15) is 22.9 Å². The van der Waals surface area contributed by atoms with E-state index < -0.39 is 17.3 Å². The van der Waals surface area contributed by atoms with Crippen molar-refractivity contribution in [2.75, 3.05) is 0 Å². The number of benzene rings is 1. The summed E-state index contributed by atoms with van der Waals surface area (Å²) in [7, 11) is 0. The van der Waals surface area contributed by atoms with Crippen LogP contribution in [0, 0.1) is 17.7 Å². The molecule has 2 aliphatic heterocycles. The Balaban J connectivity index is 1.73. The maximum absolute atomic E-state index is 14.8. The van der Waals surface area contributed by atoms with E-state index in [1.807, 2.05) is 10.6 Å². The van der Waals surface area contributed by atoms with Gasteiger partial charge in [0, 0.05) is 12.0 Å². The molecule has 162 valence electrons. The predicted molar refractivity (Wildman–Crippen MR) is 113 cm³/mol. The minimum atomic E-state index is -1.28.